The van der Waals surface area contributed by atoms with E-state index in [0.717, 1.165) is 12.6 Å². The number of likely N-dealkylation sites (tertiary alicyclic amines) is 2. The number of piperidine rings is 1. The van der Waals surface area contributed by atoms with Crippen molar-refractivity contribution in [1.82, 2.24) is 9.80 Å². The van der Waals surface area contributed by atoms with Crippen LogP contribution in [0.5, 0.6) is 0 Å². The minimum Gasteiger partial charge on any atom is -0.481 e. The zero-order valence-corrected chi connectivity index (χ0v) is 13.8. The third kappa shape index (κ3) is 4.96. The van der Waals surface area contributed by atoms with Gasteiger partial charge in [-0.2, -0.15) is 0 Å². The lowest BCUT2D eigenvalue weighted by molar-refractivity contribution is -0.138. The SMILES string of the molecule is CCN1CCCC(N2CCCC(C(C)CC(=O)O)C2)CC1. The van der Waals surface area contributed by atoms with Crippen LogP contribution in [0.25, 0.3) is 0 Å². The minimum atomic E-state index is -0.646. The summed E-state index contributed by atoms with van der Waals surface area (Å²) in [4.78, 5) is 16.2. The molecular weight excluding hydrogens is 264 g/mol. The summed E-state index contributed by atoms with van der Waals surface area (Å²) < 4.78 is 0. The van der Waals surface area contributed by atoms with E-state index in [-0.39, 0.29) is 0 Å². The van der Waals surface area contributed by atoms with E-state index in [4.69, 9.17) is 5.11 Å². The number of carboxylic acid groups (broad SMARTS) is 1. The van der Waals surface area contributed by atoms with Gasteiger partial charge in [-0.25, -0.2) is 0 Å². The monoisotopic (exact) mass is 296 g/mol. The number of nitrogens with zero attached hydrogens (tertiary/aromatic N) is 2. The summed E-state index contributed by atoms with van der Waals surface area (Å²) in [5, 5.41) is 9.00. The smallest absolute Gasteiger partial charge is 0.303 e. The van der Waals surface area contributed by atoms with Gasteiger partial charge in [-0.1, -0.05) is 13.8 Å². The summed E-state index contributed by atoms with van der Waals surface area (Å²) in [5.74, 6) is 0.233. The Labute approximate surface area is 129 Å². The fraction of sp³-hybridized carbons (Fsp3) is 0.941. The van der Waals surface area contributed by atoms with Gasteiger partial charge < -0.3 is 14.9 Å². The van der Waals surface area contributed by atoms with Gasteiger partial charge in [-0.3, -0.25) is 4.79 Å². The maximum atomic E-state index is 10.9. The molecule has 0 aromatic rings. The molecule has 0 aromatic carbocycles. The van der Waals surface area contributed by atoms with Gasteiger partial charge in [0.15, 0.2) is 0 Å². The fourth-order valence-electron chi connectivity index (χ4n) is 4.10. The van der Waals surface area contributed by atoms with E-state index in [2.05, 4.69) is 23.6 Å². The van der Waals surface area contributed by atoms with Crippen LogP contribution in [-0.4, -0.2) is 59.6 Å². The number of aliphatic carboxylic acids is 1. The van der Waals surface area contributed by atoms with Gasteiger partial charge in [0.05, 0.1) is 0 Å². The Morgan fingerprint density at radius 1 is 1.19 bits per heavy atom. The van der Waals surface area contributed by atoms with Gasteiger partial charge in [-0.15, -0.1) is 0 Å². The van der Waals surface area contributed by atoms with Crippen LogP contribution in [0.4, 0.5) is 0 Å². The van der Waals surface area contributed by atoms with Crippen molar-refractivity contribution in [2.45, 2.75) is 58.4 Å². The molecule has 21 heavy (non-hydrogen) atoms. The van der Waals surface area contributed by atoms with E-state index < -0.39 is 5.97 Å². The predicted octanol–water partition coefficient (Wildman–Crippen LogP) is 2.68. The van der Waals surface area contributed by atoms with Crippen molar-refractivity contribution in [2.24, 2.45) is 11.8 Å². The first kappa shape index (κ1) is 16.8. The molecule has 0 spiro atoms. The second-order valence-electron chi connectivity index (χ2n) is 6.99. The molecule has 3 unspecified atom stereocenters. The second-order valence-corrected chi connectivity index (χ2v) is 6.99. The molecule has 0 saturated carbocycles. The highest BCUT2D eigenvalue weighted by Crippen LogP contribution is 2.29. The van der Waals surface area contributed by atoms with E-state index in [1.807, 2.05) is 0 Å². The molecule has 1 N–H and O–H groups in total. The first-order valence-electron chi connectivity index (χ1n) is 8.78. The van der Waals surface area contributed by atoms with Crippen LogP contribution in [0.1, 0.15) is 52.4 Å². The lowest BCUT2D eigenvalue weighted by Crippen LogP contribution is -2.44. The number of hydrogen-bond acceptors (Lipinski definition) is 3. The second kappa shape index (κ2) is 8.14. The van der Waals surface area contributed by atoms with Crippen LogP contribution in [0, 0.1) is 11.8 Å². The van der Waals surface area contributed by atoms with E-state index in [9.17, 15) is 4.79 Å². The van der Waals surface area contributed by atoms with Gasteiger partial charge in [-0.05, 0) is 70.1 Å². The molecule has 0 radical (unpaired) electrons. The van der Waals surface area contributed by atoms with Gasteiger partial charge in [0.25, 0.3) is 0 Å². The van der Waals surface area contributed by atoms with Crippen LogP contribution in [0.3, 0.4) is 0 Å². The molecule has 2 saturated heterocycles. The maximum Gasteiger partial charge on any atom is 0.303 e. The topological polar surface area (TPSA) is 43.8 Å². The van der Waals surface area contributed by atoms with E-state index in [0.29, 0.717) is 18.3 Å². The molecule has 2 rings (SSSR count). The third-order valence-corrected chi connectivity index (χ3v) is 5.54. The number of carboxylic acids is 1. The predicted molar refractivity (Wildman–Crippen MR) is 85.5 cm³/mol. The maximum absolute atomic E-state index is 10.9. The van der Waals surface area contributed by atoms with Crippen molar-refractivity contribution in [3.63, 3.8) is 0 Å². The Kier molecular flexibility index (Phi) is 6.49. The summed E-state index contributed by atoms with van der Waals surface area (Å²) in [5.41, 5.74) is 0. The molecule has 0 aliphatic carbocycles. The number of rotatable bonds is 5. The van der Waals surface area contributed by atoms with Crippen LogP contribution in [0.2, 0.25) is 0 Å². The molecule has 3 atom stereocenters. The van der Waals surface area contributed by atoms with Crippen LogP contribution >= 0.6 is 0 Å². The first-order chi connectivity index (χ1) is 10.1. The van der Waals surface area contributed by atoms with E-state index in [1.54, 1.807) is 0 Å². The van der Waals surface area contributed by atoms with Gasteiger partial charge >= 0.3 is 5.97 Å². The molecule has 2 heterocycles. The lowest BCUT2D eigenvalue weighted by atomic mass is 9.84. The average Bonchev–Trinajstić information content (AvgIpc) is 2.72. The normalized spacial score (nSPS) is 30.8. The highest BCUT2D eigenvalue weighted by Gasteiger charge is 2.30. The largest absolute Gasteiger partial charge is 0.481 e. The molecule has 122 valence electrons. The molecular formula is C17H32N2O2. The van der Waals surface area contributed by atoms with Crippen LogP contribution in [-0.2, 0) is 4.79 Å². The Morgan fingerprint density at radius 2 is 1.95 bits per heavy atom. The van der Waals surface area contributed by atoms with Gasteiger partial charge in [0.1, 0.15) is 0 Å². The zero-order valence-electron chi connectivity index (χ0n) is 13.8. The summed E-state index contributed by atoms with van der Waals surface area (Å²) in [6, 6.07) is 0.723. The van der Waals surface area contributed by atoms with Crippen molar-refractivity contribution < 1.29 is 9.90 Å². The molecule has 2 aliphatic heterocycles. The standard InChI is InChI=1S/C17H32N2O2/c1-3-18-9-5-7-16(8-11-18)19-10-4-6-15(13-19)14(2)12-17(20)21/h14-16H,3-13H2,1-2H3,(H,20,21). The van der Waals surface area contributed by atoms with Crippen molar-refractivity contribution in [3.05, 3.63) is 0 Å². The summed E-state index contributed by atoms with van der Waals surface area (Å²) in [6.45, 7) is 10.4. The molecule has 0 bridgehead atoms. The highest BCUT2D eigenvalue weighted by atomic mass is 16.4. The molecule has 0 aromatic heterocycles. The van der Waals surface area contributed by atoms with Crippen LogP contribution < -0.4 is 0 Å². The van der Waals surface area contributed by atoms with Crippen molar-refractivity contribution in [2.75, 3.05) is 32.7 Å². The van der Waals surface area contributed by atoms with Crippen molar-refractivity contribution in [3.8, 4) is 0 Å². The lowest BCUT2D eigenvalue weighted by Gasteiger charge is -2.40. The average molecular weight is 296 g/mol. The molecule has 2 fully saturated rings. The first-order valence-corrected chi connectivity index (χ1v) is 8.78. The Balaban J connectivity index is 1.86. The molecule has 4 nitrogen and oxygen atoms in total. The highest BCUT2D eigenvalue weighted by molar-refractivity contribution is 5.67. The fourth-order valence-corrected chi connectivity index (χ4v) is 4.10. The number of hydrogen-bond donors (Lipinski definition) is 1. The van der Waals surface area contributed by atoms with Crippen molar-refractivity contribution >= 4 is 5.97 Å². The van der Waals surface area contributed by atoms with Gasteiger partial charge in [0.2, 0.25) is 0 Å². The molecule has 4 heteroatoms. The zero-order chi connectivity index (χ0) is 15.2. The van der Waals surface area contributed by atoms with E-state index in [1.165, 1.54) is 58.3 Å². The Hall–Kier alpha value is -0.610. The molecule has 2 aliphatic rings. The summed E-state index contributed by atoms with van der Waals surface area (Å²) in [6.07, 6.45) is 6.68. The summed E-state index contributed by atoms with van der Waals surface area (Å²) in [7, 11) is 0. The third-order valence-electron chi connectivity index (χ3n) is 5.54. The van der Waals surface area contributed by atoms with Crippen LogP contribution in [0.15, 0.2) is 0 Å². The molecule has 0 amide bonds. The Bertz CT molecular complexity index is 335. The van der Waals surface area contributed by atoms with Crippen molar-refractivity contribution in [1.29, 1.82) is 0 Å². The minimum absolute atomic E-state index is 0.309. The van der Waals surface area contributed by atoms with Gasteiger partial charge in [0, 0.05) is 19.0 Å². The van der Waals surface area contributed by atoms with E-state index >= 15 is 0 Å². The summed E-state index contributed by atoms with van der Waals surface area (Å²) >= 11 is 0. The number of carbonyl (C=O) groups is 1. The Morgan fingerprint density at radius 3 is 2.67 bits per heavy atom. The quantitative estimate of drug-likeness (QED) is 0.847.